The van der Waals surface area contributed by atoms with Crippen LogP contribution in [0.4, 0.5) is 5.82 Å². The topological polar surface area (TPSA) is 93.9 Å². The number of rotatable bonds is 3. The summed E-state index contributed by atoms with van der Waals surface area (Å²) >= 11 is 0. The fraction of sp³-hybridized carbons (Fsp3) is 0.400. The van der Waals surface area contributed by atoms with E-state index in [-0.39, 0.29) is 11.9 Å². The molecular weight excluding hydrogens is 340 g/mol. The first-order valence-electron chi connectivity index (χ1n) is 9.33. The van der Waals surface area contributed by atoms with Gasteiger partial charge in [-0.05, 0) is 55.6 Å². The van der Waals surface area contributed by atoms with E-state index in [2.05, 4.69) is 31.6 Å². The molecule has 0 spiro atoms. The zero-order valence-corrected chi connectivity index (χ0v) is 15.1. The fourth-order valence-electron chi connectivity index (χ4n) is 3.65. The lowest BCUT2D eigenvalue weighted by atomic mass is 9.97. The minimum absolute atomic E-state index is 0.158. The lowest BCUT2D eigenvalue weighted by Crippen LogP contribution is -2.43. The number of hydrogen-bond donors (Lipinski definition) is 2. The molecule has 138 valence electrons. The van der Waals surface area contributed by atoms with Gasteiger partial charge in [0.05, 0.1) is 24.0 Å². The first-order valence-corrected chi connectivity index (χ1v) is 9.33. The first-order chi connectivity index (χ1) is 13.2. The summed E-state index contributed by atoms with van der Waals surface area (Å²) in [5.41, 5.74) is 3.48. The number of anilines is 1. The maximum atomic E-state index is 12.4. The van der Waals surface area contributed by atoms with Gasteiger partial charge >= 0.3 is 0 Å². The molecule has 3 heterocycles. The van der Waals surface area contributed by atoms with E-state index < -0.39 is 0 Å². The minimum atomic E-state index is -0.158. The van der Waals surface area contributed by atoms with Crippen LogP contribution in [0.5, 0.6) is 0 Å². The number of amides is 1. The summed E-state index contributed by atoms with van der Waals surface area (Å²) < 4.78 is 0. The zero-order chi connectivity index (χ0) is 18.6. The van der Waals surface area contributed by atoms with Crippen LogP contribution in [0.3, 0.4) is 0 Å². The minimum Gasteiger partial charge on any atom is -0.351 e. The van der Waals surface area contributed by atoms with Crippen molar-refractivity contribution >= 4 is 11.7 Å². The largest absolute Gasteiger partial charge is 0.351 e. The second-order valence-corrected chi connectivity index (χ2v) is 7.02. The van der Waals surface area contributed by atoms with Gasteiger partial charge in [-0.25, -0.2) is 9.97 Å². The molecule has 7 nitrogen and oxygen atoms in total. The van der Waals surface area contributed by atoms with Crippen molar-refractivity contribution in [2.45, 2.75) is 31.8 Å². The molecule has 1 aromatic carbocycles. The van der Waals surface area contributed by atoms with Crippen LogP contribution in [0.15, 0.2) is 30.6 Å². The molecule has 4 rings (SSSR count). The van der Waals surface area contributed by atoms with E-state index in [1.165, 1.54) is 11.1 Å². The lowest BCUT2D eigenvalue weighted by Gasteiger charge is -2.29. The molecule has 27 heavy (non-hydrogen) atoms. The van der Waals surface area contributed by atoms with Gasteiger partial charge in [-0.2, -0.15) is 5.26 Å². The van der Waals surface area contributed by atoms with Gasteiger partial charge in [0.1, 0.15) is 11.5 Å². The van der Waals surface area contributed by atoms with Crippen LogP contribution in [0.25, 0.3) is 0 Å². The van der Waals surface area contributed by atoms with Gasteiger partial charge in [-0.1, -0.05) is 6.07 Å². The van der Waals surface area contributed by atoms with Crippen LogP contribution >= 0.6 is 0 Å². The number of hydrogen-bond acceptors (Lipinski definition) is 6. The van der Waals surface area contributed by atoms with Gasteiger partial charge in [0, 0.05) is 19.1 Å². The van der Waals surface area contributed by atoms with Gasteiger partial charge in [-0.3, -0.25) is 4.79 Å². The summed E-state index contributed by atoms with van der Waals surface area (Å²) in [6.45, 7) is 3.41. The van der Waals surface area contributed by atoms with Crippen LogP contribution in [0.2, 0.25) is 0 Å². The summed E-state index contributed by atoms with van der Waals surface area (Å²) in [6.07, 6.45) is 5.98. The highest BCUT2D eigenvalue weighted by Crippen LogP contribution is 2.23. The van der Waals surface area contributed by atoms with Gasteiger partial charge < -0.3 is 15.5 Å². The molecule has 2 aromatic rings. The Kier molecular flexibility index (Phi) is 4.99. The van der Waals surface area contributed by atoms with E-state index in [9.17, 15) is 4.79 Å². The fourth-order valence-corrected chi connectivity index (χ4v) is 3.65. The van der Waals surface area contributed by atoms with Crippen molar-refractivity contribution < 1.29 is 4.79 Å². The lowest BCUT2D eigenvalue weighted by molar-refractivity contribution is 0.0924. The van der Waals surface area contributed by atoms with E-state index in [0.29, 0.717) is 11.3 Å². The monoisotopic (exact) mass is 362 g/mol. The number of fused-ring (bicyclic) bond motifs is 1. The van der Waals surface area contributed by atoms with Gasteiger partial charge in [0.15, 0.2) is 0 Å². The van der Waals surface area contributed by atoms with E-state index in [1.807, 2.05) is 18.2 Å². The predicted molar refractivity (Wildman–Crippen MR) is 101 cm³/mol. The Morgan fingerprint density at radius 2 is 2.07 bits per heavy atom. The smallest absolute Gasteiger partial charge is 0.271 e. The van der Waals surface area contributed by atoms with E-state index in [0.717, 1.165) is 51.3 Å². The number of nitriles is 1. The molecule has 1 fully saturated rings. The molecule has 1 amide bonds. The van der Waals surface area contributed by atoms with Gasteiger partial charge in [-0.15, -0.1) is 0 Å². The summed E-state index contributed by atoms with van der Waals surface area (Å²) in [6, 6.07) is 8.22. The van der Waals surface area contributed by atoms with Crippen molar-refractivity contribution in [2.24, 2.45) is 0 Å². The molecule has 2 N–H and O–H groups in total. The second kappa shape index (κ2) is 7.72. The molecule has 2 aliphatic rings. The third kappa shape index (κ3) is 3.91. The maximum Gasteiger partial charge on any atom is 0.271 e. The third-order valence-electron chi connectivity index (χ3n) is 5.22. The Balaban J connectivity index is 1.41. The highest BCUT2D eigenvalue weighted by molar-refractivity contribution is 5.92. The number of benzene rings is 1. The van der Waals surface area contributed by atoms with Crippen molar-refractivity contribution in [1.82, 2.24) is 20.6 Å². The number of nitrogens with zero attached hydrogens (tertiary/aromatic N) is 4. The molecule has 0 aliphatic carbocycles. The average molecular weight is 362 g/mol. The Morgan fingerprint density at radius 3 is 2.81 bits per heavy atom. The summed E-state index contributed by atoms with van der Waals surface area (Å²) in [5, 5.41) is 15.3. The molecule has 0 saturated carbocycles. The Morgan fingerprint density at radius 1 is 1.22 bits per heavy atom. The predicted octanol–water partition coefficient (Wildman–Crippen LogP) is 1.39. The first kappa shape index (κ1) is 17.4. The molecule has 2 aliphatic heterocycles. The molecule has 7 heteroatoms. The van der Waals surface area contributed by atoms with Crippen LogP contribution in [0, 0.1) is 11.3 Å². The Bertz CT molecular complexity index is 867. The third-order valence-corrected chi connectivity index (χ3v) is 5.22. The molecule has 0 radical (unpaired) electrons. The Labute approximate surface area is 158 Å². The standard InChI is InChI=1S/C20H22N6O/c21-10-14-1-2-16-13-26(8-5-15(16)9-14)19-12-23-18(11-24-19)20(27)25-17-3-6-22-7-4-17/h1-2,9,11-12,17,22H,3-8,13H2,(H,25,27). The highest BCUT2D eigenvalue weighted by atomic mass is 16.1. The number of carbonyl (C=O) groups is 1. The number of aromatic nitrogens is 2. The van der Waals surface area contributed by atoms with Crippen molar-refractivity contribution in [1.29, 1.82) is 5.26 Å². The van der Waals surface area contributed by atoms with Crippen LogP contribution < -0.4 is 15.5 Å². The van der Waals surface area contributed by atoms with Crippen molar-refractivity contribution in [3.8, 4) is 6.07 Å². The number of carbonyl (C=O) groups excluding carboxylic acids is 1. The van der Waals surface area contributed by atoms with Gasteiger partial charge in [0.25, 0.3) is 5.91 Å². The van der Waals surface area contributed by atoms with Crippen molar-refractivity contribution in [3.05, 3.63) is 53.0 Å². The number of piperidine rings is 1. The molecule has 1 saturated heterocycles. The maximum absolute atomic E-state index is 12.4. The highest BCUT2D eigenvalue weighted by Gasteiger charge is 2.20. The van der Waals surface area contributed by atoms with E-state index in [4.69, 9.17) is 5.26 Å². The molecule has 0 bridgehead atoms. The van der Waals surface area contributed by atoms with E-state index in [1.54, 1.807) is 12.4 Å². The molecular formula is C20H22N6O. The molecule has 0 atom stereocenters. The summed E-state index contributed by atoms with van der Waals surface area (Å²) in [7, 11) is 0. The summed E-state index contributed by atoms with van der Waals surface area (Å²) in [4.78, 5) is 23.3. The Hall–Kier alpha value is -2.98. The molecule has 1 aromatic heterocycles. The van der Waals surface area contributed by atoms with Crippen molar-refractivity contribution in [3.63, 3.8) is 0 Å². The number of nitrogens with one attached hydrogen (secondary N) is 2. The zero-order valence-electron chi connectivity index (χ0n) is 15.1. The average Bonchev–Trinajstić information content (AvgIpc) is 2.74. The van der Waals surface area contributed by atoms with Crippen LogP contribution in [-0.4, -0.2) is 41.6 Å². The van der Waals surface area contributed by atoms with Gasteiger partial charge in [0.2, 0.25) is 0 Å². The molecule has 0 unspecified atom stereocenters. The van der Waals surface area contributed by atoms with Crippen LogP contribution in [-0.2, 0) is 13.0 Å². The SMILES string of the molecule is N#Cc1ccc2c(c1)CCN(c1cnc(C(=O)NC3CCNCC3)cn1)C2. The van der Waals surface area contributed by atoms with Crippen molar-refractivity contribution in [2.75, 3.05) is 24.5 Å². The van der Waals surface area contributed by atoms with E-state index >= 15 is 0 Å². The van der Waals surface area contributed by atoms with Crippen LogP contribution in [0.1, 0.15) is 40.0 Å². The summed E-state index contributed by atoms with van der Waals surface area (Å²) in [5.74, 6) is 0.609. The quantitative estimate of drug-likeness (QED) is 0.857. The normalized spacial score (nSPS) is 17.1. The second-order valence-electron chi connectivity index (χ2n) is 7.02.